The molecule has 0 bridgehead atoms. The number of nitrogens with one attached hydrogen (secondary N) is 2. The second-order valence-corrected chi connectivity index (χ2v) is 7.64. The number of guanidine groups is 1. The van der Waals surface area contributed by atoms with Gasteiger partial charge in [-0.25, -0.2) is 0 Å². The minimum atomic E-state index is 0.604. The zero-order chi connectivity index (χ0) is 17.2. The molecular formula is C18H32N4OS. The van der Waals surface area contributed by atoms with Gasteiger partial charge in [0.1, 0.15) is 0 Å². The molecule has 0 aromatic carbocycles. The summed E-state index contributed by atoms with van der Waals surface area (Å²) in [6, 6.07) is 2.27. The van der Waals surface area contributed by atoms with E-state index in [1.807, 2.05) is 18.4 Å². The Hall–Kier alpha value is -1.11. The van der Waals surface area contributed by atoms with E-state index in [4.69, 9.17) is 4.74 Å². The molecule has 0 spiro atoms. The molecule has 1 aliphatic rings. The molecule has 0 unspecified atom stereocenters. The quantitative estimate of drug-likeness (QED) is 0.407. The highest BCUT2D eigenvalue weighted by molar-refractivity contribution is 7.10. The van der Waals surface area contributed by atoms with Gasteiger partial charge in [0.05, 0.1) is 0 Å². The highest BCUT2D eigenvalue weighted by Crippen LogP contribution is 2.23. The maximum atomic E-state index is 5.59. The van der Waals surface area contributed by atoms with E-state index in [1.54, 1.807) is 4.88 Å². The summed E-state index contributed by atoms with van der Waals surface area (Å²) in [6.07, 6.45) is 2.19. The predicted octanol–water partition coefficient (Wildman–Crippen LogP) is 2.33. The monoisotopic (exact) mass is 352 g/mol. The fourth-order valence-electron chi connectivity index (χ4n) is 2.75. The lowest BCUT2D eigenvalue weighted by Crippen LogP contribution is -2.42. The summed E-state index contributed by atoms with van der Waals surface area (Å²) in [5, 5.41) is 8.96. The van der Waals surface area contributed by atoms with Crippen LogP contribution in [-0.2, 0) is 17.7 Å². The summed E-state index contributed by atoms with van der Waals surface area (Å²) >= 11 is 1.89. The molecule has 0 saturated carbocycles. The van der Waals surface area contributed by atoms with Crippen LogP contribution in [0.1, 0.15) is 30.7 Å². The first-order chi connectivity index (χ1) is 11.7. The van der Waals surface area contributed by atoms with Gasteiger partial charge in [0.2, 0.25) is 0 Å². The molecule has 0 fully saturated rings. The number of rotatable bonds is 9. The number of hydrogen-bond acceptors (Lipinski definition) is 4. The molecule has 1 aliphatic heterocycles. The van der Waals surface area contributed by atoms with Crippen molar-refractivity contribution in [3.8, 4) is 0 Å². The Balaban J connectivity index is 1.54. The lowest BCUT2D eigenvalue weighted by atomic mass is 10.1. The van der Waals surface area contributed by atoms with E-state index < -0.39 is 0 Å². The molecule has 6 heteroatoms. The van der Waals surface area contributed by atoms with Crippen molar-refractivity contribution in [1.82, 2.24) is 15.5 Å². The molecule has 0 atom stereocenters. The third-order valence-electron chi connectivity index (χ3n) is 4.04. The fourth-order valence-corrected chi connectivity index (χ4v) is 3.64. The van der Waals surface area contributed by atoms with Crippen LogP contribution in [-0.4, -0.2) is 57.3 Å². The number of nitrogens with zero attached hydrogens (tertiary/aromatic N) is 2. The molecule has 5 nitrogen and oxygen atoms in total. The van der Waals surface area contributed by atoms with Gasteiger partial charge in [-0.05, 0) is 35.8 Å². The van der Waals surface area contributed by atoms with Gasteiger partial charge in [-0.15, -0.1) is 11.3 Å². The average Bonchev–Trinajstić information content (AvgIpc) is 3.03. The van der Waals surface area contributed by atoms with Crippen LogP contribution >= 0.6 is 11.3 Å². The maximum Gasteiger partial charge on any atom is 0.191 e. The predicted molar refractivity (Wildman–Crippen MR) is 103 cm³/mol. The smallest absolute Gasteiger partial charge is 0.191 e. The highest BCUT2D eigenvalue weighted by atomic mass is 32.1. The van der Waals surface area contributed by atoms with E-state index in [0.29, 0.717) is 5.92 Å². The minimum absolute atomic E-state index is 0.604. The van der Waals surface area contributed by atoms with Crippen molar-refractivity contribution in [2.45, 2.75) is 33.2 Å². The standard InChI is InChI=1S/C18H32N4OS/c1-15(2)14-23-11-4-7-20-18(19-3)21-8-10-22-9-5-17-16(13-22)6-12-24-17/h6,12,15H,4-5,7-11,13-14H2,1-3H3,(H2,19,20,21). The Morgan fingerprint density at radius 2 is 2.21 bits per heavy atom. The molecule has 2 N–H and O–H groups in total. The van der Waals surface area contributed by atoms with Crippen molar-refractivity contribution in [2.75, 3.05) is 46.4 Å². The summed E-state index contributed by atoms with van der Waals surface area (Å²) < 4.78 is 5.59. The lowest BCUT2D eigenvalue weighted by Gasteiger charge is -2.27. The van der Waals surface area contributed by atoms with Crippen LogP contribution in [0.3, 0.4) is 0 Å². The van der Waals surface area contributed by atoms with Crippen molar-refractivity contribution < 1.29 is 4.74 Å². The first kappa shape index (κ1) is 19.2. The van der Waals surface area contributed by atoms with E-state index >= 15 is 0 Å². The van der Waals surface area contributed by atoms with Gasteiger partial charge in [-0.1, -0.05) is 13.8 Å². The van der Waals surface area contributed by atoms with Crippen LogP contribution < -0.4 is 10.6 Å². The van der Waals surface area contributed by atoms with Crippen LogP contribution in [0.15, 0.2) is 16.4 Å². The van der Waals surface area contributed by atoms with Crippen LogP contribution in [0, 0.1) is 5.92 Å². The zero-order valence-corrected chi connectivity index (χ0v) is 16.1. The molecule has 24 heavy (non-hydrogen) atoms. The summed E-state index contributed by atoms with van der Waals surface area (Å²) in [6.45, 7) is 11.1. The molecule has 2 heterocycles. The number of hydrogen-bond donors (Lipinski definition) is 2. The summed E-state index contributed by atoms with van der Waals surface area (Å²) in [5.41, 5.74) is 1.51. The van der Waals surface area contributed by atoms with Gasteiger partial charge >= 0.3 is 0 Å². The van der Waals surface area contributed by atoms with E-state index in [1.165, 1.54) is 12.0 Å². The molecular weight excluding hydrogens is 320 g/mol. The maximum absolute atomic E-state index is 5.59. The second-order valence-electron chi connectivity index (χ2n) is 6.64. The van der Waals surface area contributed by atoms with E-state index in [0.717, 1.165) is 58.3 Å². The Morgan fingerprint density at radius 3 is 3.00 bits per heavy atom. The molecule has 1 aromatic rings. The van der Waals surface area contributed by atoms with Crippen molar-refractivity contribution in [2.24, 2.45) is 10.9 Å². The molecule has 1 aromatic heterocycles. The molecule has 0 amide bonds. The first-order valence-electron chi connectivity index (χ1n) is 8.99. The van der Waals surface area contributed by atoms with Gasteiger partial charge < -0.3 is 15.4 Å². The second kappa shape index (κ2) is 10.7. The number of fused-ring (bicyclic) bond motifs is 1. The summed E-state index contributed by atoms with van der Waals surface area (Å²) in [4.78, 5) is 8.36. The van der Waals surface area contributed by atoms with E-state index in [-0.39, 0.29) is 0 Å². The van der Waals surface area contributed by atoms with Crippen molar-refractivity contribution in [3.05, 3.63) is 21.9 Å². The average molecular weight is 353 g/mol. The van der Waals surface area contributed by atoms with Gasteiger partial charge in [0.25, 0.3) is 0 Å². The topological polar surface area (TPSA) is 48.9 Å². The third-order valence-corrected chi connectivity index (χ3v) is 5.06. The third kappa shape index (κ3) is 6.79. The highest BCUT2D eigenvalue weighted by Gasteiger charge is 2.16. The minimum Gasteiger partial charge on any atom is -0.381 e. The van der Waals surface area contributed by atoms with E-state index in [9.17, 15) is 0 Å². The van der Waals surface area contributed by atoms with Crippen LogP contribution in [0.25, 0.3) is 0 Å². The fraction of sp³-hybridized carbons (Fsp3) is 0.722. The Morgan fingerprint density at radius 1 is 1.38 bits per heavy atom. The molecule has 0 radical (unpaired) electrons. The van der Waals surface area contributed by atoms with Gasteiger partial charge in [0, 0.05) is 57.9 Å². The molecule has 136 valence electrons. The normalized spacial score (nSPS) is 15.6. The van der Waals surface area contributed by atoms with Crippen LogP contribution in [0.2, 0.25) is 0 Å². The Labute approximate surface area is 150 Å². The Bertz CT molecular complexity index is 501. The van der Waals surface area contributed by atoms with Gasteiger partial charge in [-0.3, -0.25) is 9.89 Å². The van der Waals surface area contributed by atoms with Crippen molar-refractivity contribution in [3.63, 3.8) is 0 Å². The molecule has 0 aliphatic carbocycles. The number of ether oxygens (including phenoxy) is 1. The summed E-state index contributed by atoms with van der Waals surface area (Å²) in [5.74, 6) is 1.49. The molecule has 2 rings (SSSR count). The van der Waals surface area contributed by atoms with Gasteiger partial charge in [-0.2, -0.15) is 0 Å². The number of thiophene rings is 1. The van der Waals surface area contributed by atoms with Crippen molar-refractivity contribution in [1.29, 1.82) is 0 Å². The van der Waals surface area contributed by atoms with E-state index in [2.05, 4.69) is 45.8 Å². The van der Waals surface area contributed by atoms with Crippen LogP contribution in [0.4, 0.5) is 0 Å². The van der Waals surface area contributed by atoms with Crippen molar-refractivity contribution >= 4 is 17.3 Å². The van der Waals surface area contributed by atoms with Gasteiger partial charge in [0.15, 0.2) is 5.96 Å². The summed E-state index contributed by atoms with van der Waals surface area (Å²) in [7, 11) is 1.82. The van der Waals surface area contributed by atoms with Crippen LogP contribution in [0.5, 0.6) is 0 Å². The zero-order valence-electron chi connectivity index (χ0n) is 15.3. The first-order valence-corrected chi connectivity index (χ1v) is 9.87. The largest absolute Gasteiger partial charge is 0.381 e. The lowest BCUT2D eigenvalue weighted by molar-refractivity contribution is 0.108. The Kier molecular flexibility index (Phi) is 8.56. The SMILES string of the molecule is CN=C(NCCCOCC(C)C)NCCN1CCc2sccc2C1. The molecule has 0 saturated heterocycles. The number of aliphatic imine (C=N–C) groups is 1.